The van der Waals surface area contributed by atoms with Crippen molar-refractivity contribution in [2.75, 3.05) is 0 Å². The third-order valence-corrected chi connectivity index (χ3v) is 3.18. The second kappa shape index (κ2) is 5.63. The molecule has 0 saturated heterocycles. The molecule has 1 aromatic heterocycles. The third kappa shape index (κ3) is 3.59. The lowest BCUT2D eigenvalue weighted by Gasteiger charge is -2.07. The highest BCUT2D eigenvalue weighted by Crippen LogP contribution is 2.09. The van der Waals surface area contributed by atoms with Gasteiger partial charge >= 0.3 is 0 Å². The van der Waals surface area contributed by atoms with Crippen LogP contribution in [0.2, 0.25) is 0 Å². The van der Waals surface area contributed by atoms with E-state index < -0.39 is 0 Å². The van der Waals surface area contributed by atoms with Gasteiger partial charge in [0.1, 0.15) is 5.82 Å². The molecule has 0 bridgehead atoms. The molecule has 0 atom stereocenters. The number of nitrogens with one attached hydrogen (secondary N) is 1. The zero-order valence-corrected chi connectivity index (χ0v) is 11.6. The lowest BCUT2D eigenvalue weighted by molar-refractivity contribution is 0.613. The standard InChI is InChI=1S/C11H17IN2O/c1-4-5-8-10(12)11(15)14-9(13-8)6-7(2)3/h7H,4-6H2,1-3H3,(H,13,14,15). The normalized spacial score (nSPS) is 11.0. The first-order chi connectivity index (χ1) is 7.04. The van der Waals surface area contributed by atoms with E-state index in [4.69, 9.17) is 0 Å². The third-order valence-electron chi connectivity index (χ3n) is 2.07. The van der Waals surface area contributed by atoms with Crippen LogP contribution in [-0.2, 0) is 12.8 Å². The molecule has 0 aromatic carbocycles. The summed E-state index contributed by atoms with van der Waals surface area (Å²) >= 11 is 2.07. The van der Waals surface area contributed by atoms with Crippen LogP contribution in [0.3, 0.4) is 0 Å². The maximum absolute atomic E-state index is 11.6. The molecule has 3 nitrogen and oxygen atoms in total. The van der Waals surface area contributed by atoms with E-state index in [1.807, 2.05) is 0 Å². The molecule has 4 heteroatoms. The summed E-state index contributed by atoms with van der Waals surface area (Å²) in [5.41, 5.74) is 0.946. The average Bonchev–Trinajstić information content (AvgIpc) is 2.12. The lowest BCUT2D eigenvalue weighted by Crippen LogP contribution is -2.19. The van der Waals surface area contributed by atoms with Gasteiger partial charge < -0.3 is 4.98 Å². The number of nitrogens with zero attached hydrogens (tertiary/aromatic N) is 1. The predicted molar refractivity (Wildman–Crippen MR) is 70.1 cm³/mol. The Morgan fingerprint density at radius 2 is 2.13 bits per heavy atom. The Hall–Kier alpha value is -0.390. The van der Waals surface area contributed by atoms with Crippen molar-refractivity contribution in [2.45, 2.75) is 40.0 Å². The van der Waals surface area contributed by atoms with Crippen molar-refractivity contribution in [1.29, 1.82) is 0 Å². The van der Waals surface area contributed by atoms with Crippen LogP contribution in [0, 0.1) is 9.49 Å². The zero-order valence-electron chi connectivity index (χ0n) is 9.43. The van der Waals surface area contributed by atoms with Crippen molar-refractivity contribution in [3.8, 4) is 0 Å². The quantitative estimate of drug-likeness (QED) is 0.867. The van der Waals surface area contributed by atoms with Crippen LogP contribution >= 0.6 is 22.6 Å². The topological polar surface area (TPSA) is 45.8 Å². The highest BCUT2D eigenvalue weighted by Gasteiger charge is 2.08. The molecule has 0 aliphatic rings. The number of aromatic nitrogens is 2. The molecule has 1 N–H and O–H groups in total. The largest absolute Gasteiger partial charge is 0.310 e. The monoisotopic (exact) mass is 320 g/mol. The minimum Gasteiger partial charge on any atom is -0.310 e. The number of aromatic amines is 1. The lowest BCUT2D eigenvalue weighted by atomic mass is 10.1. The molecule has 0 unspecified atom stereocenters. The van der Waals surface area contributed by atoms with E-state index in [0.717, 1.165) is 34.4 Å². The summed E-state index contributed by atoms with van der Waals surface area (Å²) in [6.07, 6.45) is 2.74. The Morgan fingerprint density at radius 3 is 2.67 bits per heavy atom. The van der Waals surface area contributed by atoms with Crippen LogP contribution in [0.5, 0.6) is 0 Å². The van der Waals surface area contributed by atoms with Crippen molar-refractivity contribution in [1.82, 2.24) is 9.97 Å². The fourth-order valence-corrected chi connectivity index (χ4v) is 1.97. The highest BCUT2D eigenvalue weighted by molar-refractivity contribution is 14.1. The fraction of sp³-hybridized carbons (Fsp3) is 0.636. The molecule has 1 rings (SSSR count). The van der Waals surface area contributed by atoms with Crippen LogP contribution in [-0.4, -0.2) is 9.97 Å². The van der Waals surface area contributed by atoms with E-state index in [2.05, 4.69) is 53.3 Å². The predicted octanol–water partition coefficient (Wildman–Crippen LogP) is 2.53. The van der Waals surface area contributed by atoms with Crippen LogP contribution in [0.25, 0.3) is 0 Å². The van der Waals surface area contributed by atoms with Gasteiger partial charge in [-0.2, -0.15) is 0 Å². The molecular weight excluding hydrogens is 303 g/mol. The van der Waals surface area contributed by atoms with Gasteiger partial charge in [-0.25, -0.2) is 4.98 Å². The Balaban J connectivity index is 3.06. The molecule has 0 spiro atoms. The molecule has 15 heavy (non-hydrogen) atoms. The van der Waals surface area contributed by atoms with Crippen molar-refractivity contribution >= 4 is 22.6 Å². The maximum atomic E-state index is 11.6. The van der Waals surface area contributed by atoms with Crippen molar-refractivity contribution in [3.63, 3.8) is 0 Å². The summed E-state index contributed by atoms with van der Waals surface area (Å²) in [5, 5.41) is 0. The molecule has 84 valence electrons. The van der Waals surface area contributed by atoms with E-state index in [1.165, 1.54) is 0 Å². The van der Waals surface area contributed by atoms with E-state index >= 15 is 0 Å². The minimum atomic E-state index is 0.00435. The molecule has 0 aliphatic carbocycles. The number of halogens is 1. The first kappa shape index (κ1) is 12.7. The van der Waals surface area contributed by atoms with Gasteiger partial charge in [-0.05, 0) is 34.9 Å². The summed E-state index contributed by atoms with van der Waals surface area (Å²) in [6, 6.07) is 0. The van der Waals surface area contributed by atoms with E-state index in [1.54, 1.807) is 0 Å². The van der Waals surface area contributed by atoms with Crippen LogP contribution in [0.1, 0.15) is 38.7 Å². The minimum absolute atomic E-state index is 0.00435. The Labute approximate surface area is 104 Å². The highest BCUT2D eigenvalue weighted by atomic mass is 127. The van der Waals surface area contributed by atoms with Crippen molar-refractivity contribution < 1.29 is 0 Å². The molecule has 0 fully saturated rings. The summed E-state index contributed by atoms with van der Waals surface area (Å²) in [7, 11) is 0. The van der Waals surface area contributed by atoms with Gasteiger partial charge in [0, 0.05) is 6.42 Å². The summed E-state index contributed by atoms with van der Waals surface area (Å²) in [5.74, 6) is 1.33. The van der Waals surface area contributed by atoms with E-state index in [9.17, 15) is 4.79 Å². The Morgan fingerprint density at radius 1 is 1.47 bits per heavy atom. The van der Waals surface area contributed by atoms with Gasteiger partial charge in [0.25, 0.3) is 5.56 Å². The van der Waals surface area contributed by atoms with Gasteiger partial charge in [-0.3, -0.25) is 4.79 Å². The van der Waals surface area contributed by atoms with E-state index in [-0.39, 0.29) is 5.56 Å². The second-order valence-electron chi connectivity index (χ2n) is 4.12. The molecule has 1 aromatic rings. The fourth-order valence-electron chi connectivity index (χ4n) is 1.44. The average molecular weight is 320 g/mol. The molecule has 0 amide bonds. The maximum Gasteiger partial charge on any atom is 0.264 e. The summed E-state index contributed by atoms with van der Waals surface area (Å²) < 4.78 is 0.738. The number of rotatable bonds is 4. The number of H-pyrrole nitrogens is 1. The van der Waals surface area contributed by atoms with Crippen LogP contribution in [0.4, 0.5) is 0 Å². The first-order valence-corrected chi connectivity index (χ1v) is 6.40. The SMILES string of the molecule is CCCc1nc(CC(C)C)[nH]c(=O)c1I. The molecule has 0 aliphatic heterocycles. The van der Waals surface area contributed by atoms with Crippen LogP contribution in [0.15, 0.2) is 4.79 Å². The number of hydrogen-bond donors (Lipinski definition) is 1. The summed E-state index contributed by atoms with van der Waals surface area (Å²) in [6.45, 7) is 6.34. The van der Waals surface area contributed by atoms with Crippen molar-refractivity contribution in [3.05, 3.63) is 25.4 Å². The first-order valence-electron chi connectivity index (χ1n) is 5.32. The van der Waals surface area contributed by atoms with Gasteiger partial charge in [-0.1, -0.05) is 27.2 Å². The number of hydrogen-bond acceptors (Lipinski definition) is 2. The zero-order chi connectivity index (χ0) is 11.4. The molecule has 1 heterocycles. The van der Waals surface area contributed by atoms with Gasteiger partial charge in [-0.15, -0.1) is 0 Å². The van der Waals surface area contributed by atoms with Gasteiger partial charge in [0.15, 0.2) is 0 Å². The smallest absolute Gasteiger partial charge is 0.264 e. The van der Waals surface area contributed by atoms with Gasteiger partial charge in [0.05, 0.1) is 9.26 Å². The Kier molecular flexibility index (Phi) is 4.76. The molecular formula is C11H17IN2O. The Bertz CT molecular complexity index is 385. The second-order valence-corrected chi connectivity index (χ2v) is 5.20. The van der Waals surface area contributed by atoms with Crippen LogP contribution < -0.4 is 5.56 Å². The molecule has 0 radical (unpaired) electrons. The van der Waals surface area contributed by atoms with Crippen molar-refractivity contribution in [2.24, 2.45) is 5.92 Å². The van der Waals surface area contributed by atoms with E-state index in [0.29, 0.717) is 5.92 Å². The number of aryl methyl sites for hydroxylation is 1. The van der Waals surface area contributed by atoms with Gasteiger partial charge in [0.2, 0.25) is 0 Å². The molecule has 0 saturated carbocycles. The summed E-state index contributed by atoms with van der Waals surface area (Å²) in [4.78, 5) is 18.9.